The fourth-order valence-electron chi connectivity index (χ4n) is 4.38. The Hall–Kier alpha value is -3.10. The number of halogens is 1. The van der Waals surface area contributed by atoms with Gasteiger partial charge in [-0.2, -0.15) is 0 Å². The van der Waals surface area contributed by atoms with Crippen molar-refractivity contribution < 1.29 is 23.8 Å². The molecule has 1 amide bonds. The zero-order valence-corrected chi connectivity index (χ0v) is 21.0. The van der Waals surface area contributed by atoms with Gasteiger partial charge < -0.3 is 24.1 Å². The van der Waals surface area contributed by atoms with E-state index in [1.54, 1.807) is 18.2 Å². The molecule has 2 heterocycles. The van der Waals surface area contributed by atoms with Crippen molar-refractivity contribution in [3.63, 3.8) is 0 Å². The Labute approximate surface area is 206 Å². The van der Waals surface area contributed by atoms with Crippen LogP contribution in [0.2, 0.25) is 0 Å². The third-order valence-electron chi connectivity index (χ3n) is 6.24. The lowest BCUT2D eigenvalue weighted by atomic mass is 9.94. The van der Waals surface area contributed by atoms with E-state index in [0.717, 1.165) is 22.9 Å². The molecule has 0 radical (unpaired) electrons. The second-order valence-corrected chi connectivity index (χ2v) is 8.97. The number of fused-ring (bicyclic) bond motifs is 1. The van der Waals surface area contributed by atoms with Gasteiger partial charge in [0.2, 0.25) is 5.78 Å². The predicted molar refractivity (Wildman–Crippen MR) is 133 cm³/mol. The van der Waals surface area contributed by atoms with Crippen molar-refractivity contribution in [2.75, 3.05) is 33.3 Å². The average molecular weight is 527 g/mol. The van der Waals surface area contributed by atoms with Crippen LogP contribution in [0.25, 0.3) is 11.0 Å². The highest BCUT2D eigenvalue weighted by molar-refractivity contribution is 9.10. The molecule has 4 rings (SSSR count). The van der Waals surface area contributed by atoms with Crippen molar-refractivity contribution in [2.45, 2.75) is 19.9 Å². The van der Waals surface area contributed by atoms with Gasteiger partial charge in [-0.1, -0.05) is 48.0 Å². The van der Waals surface area contributed by atoms with E-state index in [1.165, 1.54) is 12.0 Å². The van der Waals surface area contributed by atoms with Crippen molar-refractivity contribution in [3.8, 4) is 5.75 Å². The molecule has 178 valence electrons. The van der Waals surface area contributed by atoms with Crippen LogP contribution in [0, 0.1) is 0 Å². The number of para-hydroxylation sites is 1. The van der Waals surface area contributed by atoms with Gasteiger partial charge >= 0.3 is 0 Å². The third kappa shape index (κ3) is 4.35. The minimum Gasteiger partial charge on any atom is -0.503 e. The third-order valence-corrected chi connectivity index (χ3v) is 6.73. The molecule has 1 N–H and O–H groups in total. The molecule has 0 saturated heterocycles. The number of benzene rings is 2. The Morgan fingerprint density at radius 2 is 1.91 bits per heavy atom. The number of carbonyl (C=O) groups is 2. The Morgan fingerprint density at radius 1 is 1.18 bits per heavy atom. The number of nitrogens with zero attached hydrogens (tertiary/aromatic N) is 2. The molecule has 0 bridgehead atoms. The van der Waals surface area contributed by atoms with E-state index in [9.17, 15) is 14.7 Å². The summed E-state index contributed by atoms with van der Waals surface area (Å²) in [5.41, 5.74) is 1.17. The minimum absolute atomic E-state index is 0.00725. The molecule has 1 aromatic heterocycles. The smallest absolute Gasteiger partial charge is 0.290 e. The number of Topliss-reactive ketones (excluding diaryl/α,β-unsaturated/α-hetero) is 1. The second kappa shape index (κ2) is 10.0. The van der Waals surface area contributed by atoms with E-state index in [-0.39, 0.29) is 11.3 Å². The van der Waals surface area contributed by atoms with Crippen LogP contribution in [0.5, 0.6) is 5.75 Å². The maximum Gasteiger partial charge on any atom is 0.290 e. The number of rotatable bonds is 9. The lowest BCUT2D eigenvalue weighted by Crippen LogP contribution is -2.38. The van der Waals surface area contributed by atoms with Crippen LogP contribution in [0.4, 0.5) is 0 Å². The molecule has 7 nitrogen and oxygen atoms in total. The van der Waals surface area contributed by atoms with Gasteiger partial charge in [0, 0.05) is 28.5 Å². The fourth-order valence-corrected chi connectivity index (χ4v) is 4.76. The van der Waals surface area contributed by atoms with Crippen molar-refractivity contribution in [1.82, 2.24) is 9.80 Å². The van der Waals surface area contributed by atoms with E-state index in [0.29, 0.717) is 30.0 Å². The number of hydrogen-bond acceptors (Lipinski definition) is 6. The summed E-state index contributed by atoms with van der Waals surface area (Å²) in [5.74, 6) is -1.07. The number of ketones is 1. The summed E-state index contributed by atoms with van der Waals surface area (Å²) in [5, 5.41) is 11.7. The molecule has 0 aliphatic carbocycles. The van der Waals surface area contributed by atoms with Crippen LogP contribution >= 0.6 is 15.9 Å². The summed E-state index contributed by atoms with van der Waals surface area (Å²) in [6.07, 6.45) is 0. The van der Waals surface area contributed by atoms with Crippen LogP contribution in [0.15, 0.2) is 68.8 Å². The molecule has 2 aromatic carbocycles. The van der Waals surface area contributed by atoms with Crippen LogP contribution in [-0.4, -0.2) is 59.9 Å². The normalized spacial score (nSPS) is 16.2. The summed E-state index contributed by atoms with van der Waals surface area (Å²) in [6, 6.07) is 13.5. The first-order valence-corrected chi connectivity index (χ1v) is 12.0. The lowest BCUT2D eigenvalue weighted by molar-refractivity contribution is -0.129. The topological polar surface area (TPSA) is 83.2 Å². The van der Waals surface area contributed by atoms with E-state index < -0.39 is 23.5 Å². The van der Waals surface area contributed by atoms with Crippen LogP contribution in [0.3, 0.4) is 0 Å². The fraction of sp³-hybridized carbons (Fsp3) is 0.308. The number of aliphatic hydroxyl groups is 1. The monoisotopic (exact) mass is 526 g/mol. The Morgan fingerprint density at radius 3 is 2.62 bits per heavy atom. The number of amides is 1. The molecule has 0 fully saturated rings. The number of aliphatic hydroxyl groups excluding tert-OH is 1. The summed E-state index contributed by atoms with van der Waals surface area (Å²) in [4.78, 5) is 30.6. The Bertz CT molecular complexity index is 1260. The first-order chi connectivity index (χ1) is 16.4. The molecule has 0 spiro atoms. The van der Waals surface area contributed by atoms with E-state index >= 15 is 0 Å². The average Bonchev–Trinajstić information content (AvgIpc) is 3.38. The number of carbonyl (C=O) groups excluding carboxylic acids is 2. The maximum absolute atomic E-state index is 13.7. The quantitative estimate of drug-likeness (QED) is 0.389. The lowest BCUT2D eigenvalue weighted by Gasteiger charge is -2.30. The standard InChI is InChI=1S/C26H27BrN2O5/c1-4-28(5-2)12-13-29-23(18-8-6-7-9-20(18)33-3)22(25(31)26(29)32)24(30)21-15-16-14-17(27)10-11-19(16)34-21/h6-11,14-15,23,31H,4-5,12-13H2,1-3H3. The number of hydrogen-bond donors (Lipinski definition) is 1. The van der Waals surface area contributed by atoms with Gasteiger partial charge in [0.1, 0.15) is 11.3 Å². The van der Waals surface area contributed by atoms with Gasteiger partial charge in [-0.05, 0) is 43.4 Å². The maximum atomic E-state index is 13.7. The molecule has 1 aliphatic rings. The highest BCUT2D eigenvalue weighted by atomic mass is 79.9. The number of methoxy groups -OCH3 is 1. The summed E-state index contributed by atoms with van der Waals surface area (Å²) >= 11 is 3.42. The highest BCUT2D eigenvalue weighted by Crippen LogP contribution is 2.42. The van der Waals surface area contributed by atoms with Gasteiger partial charge in [0.15, 0.2) is 11.5 Å². The predicted octanol–water partition coefficient (Wildman–Crippen LogP) is 5.12. The minimum atomic E-state index is -0.799. The molecule has 34 heavy (non-hydrogen) atoms. The van der Waals surface area contributed by atoms with Gasteiger partial charge in [-0.3, -0.25) is 9.59 Å². The van der Waals surface area contributed by atoms with E-state index in [4.69, 9.17) is 9.15 Å². The van der Waals surface area contributed by atoms with Gasteiger partial charge in [0.05, 0.1) is 18.7 Å². The molecule has 8 heteroatoms. The first-order valence-electron chi connectivity index (χ1n) is 11.2. The molecule has 1 unspecified atom stereocenters. The van der Waals surface area contributed by atoms with Crippen LogP contribution < -0.4 is 4.74 Å². The highest BCUT2D eigenvalue weighted by Gasteiger charge is 2.45. The van der Waals surface area contributed by atoms with Crippen molar-refractivity contribution in [2.24, 2.45) is 0 Å². The number of likely N-dealkylation sites (N-methyl/N-ethyl adjacent to an activating group) is 1. The summed E-state index contributed by atoms with van der Waals surface area (Å²) in [7, 11) is 1.54. The number of ether oxygens (including phenoxy) is 1. The zero-order valence-electron chi connectivity index (χ0n) is 19.4. The SMILES string of the molecule is CCN(CC)CCN1C(=O)C(O)=C(C(=O)c2cc3cc(Br)ccc3o2)C1c1ccccc1OC. The molecule has 1 atom stereocenters. The number of furan rings is 1. The van der Waals surface area contributed by atoms with Crippen molar-refractivity contribution in [1.29, 1.82) is 0 Å². The summed E-state index contributed by atoms with van der Waals surface area (Å²) < 4.78 is 12.2. The molecular weight excluding hydrogens is 500 g/mol. The van der Waals surface area contributed by atoms with Crippen LogP contribution in [-0.2, 0) is 4.79 Å². The Balaban J connectivity index is 1.79. The molecule has 0 saturated carbocycles. The van der Waals surface area contributed by atoms with Gasteiger partial charge in [-0.25, -0.2) is 0 Å². The Kier molecular flexibility index (Phi) is 7.09. The first kappa shape index (κ1) is 24.0. The molecule has 1 aliphatic heterocycles. The molecular formula is C26H27BrN2O5. The molecule has 3 aromatic rings. The van der Waals surface area contributed by atoms with E-state index in [2.05, 4.69) is 34.7 Å². The van der Waals surface area contributed by atoms with Crippen molar-refractivity contribution >= 4 is 38.6 Å². The van der Waals surface area contributed by atoms with Gasteiger partial charge in [-0.15, -0.1) is 0 Å². The van der Waals surface area contributed by atoms with E-state index in [1.807, 2.05) is 30.3 Å². The van der Waals surface area contributed by atoms with Crippen molar-refractivity contribution in [3.05, 3.63) is 75.7 Å². The zero-order chi connectivity index (χ0) is 24.4. The second-order valence-electron chi connectivity index (χ2n) is 8.05. The summed E-state index contributed by atoms with van der Waals surface area (Å²) in [6.45, 7) is 6.72. The van der Waals surface area contributed by atoms with Crippen LogP contribution in [0.1, 0.15) is 36.0 Å². The largest absolute Gasteiger partial charge is 0.503 e. The van der Waals surface area contributed by atoms with Gasteiger partial charge in [0.25, 0.3) is 5.91 Å².